The summed E-state index contributed by atoms with van der Waals surface area (Å²) < 4.78 is 47.6. The molecule has 0 saturated carbocycles. The van der Waals surface area contributed by atoms with Crippen LogP contribution in [0.5, 0.6) is 5.75 Å². The lowest BCUT2D eigenvalue weighted by molar-refractivity contribution is -0.139. The fraction of sp³-hybridized carbons (Fsp3) is 0.273. The molecule has 1 aromatic carbocycles. The van der Waals surface area contributed by atoms with Gasteiger partial charge in [-0.25, -0.2) is 4.79 Å². The number of nitriles is 1. The molecule has 0 amide bonds. The van der Waals surface area contributed by atoms with Crippen molar-refractivity contribution in [2.75, 3.05) is 14.2 Å². The number of hydrogen-bond acceptors (Lipinski definition) is 4. The third-order valence-corrected chi connectivity index (χ3v) is 2.17. The largest absolute Gasteiger partial charge is 0.495 e. The Kier molecular flexibility index (Phi) is 3.81. The fourth-order valence-corrected chi connectivity index (χ4v) is 1.44. The van der Waals surface area contributed by atoms with Crippen molar-refractivity contribution in [1.82, 2.24) is 0 Å². The smallest absolute Gasteiger partial charge is 0.420 e. The first kappa shape index (κ1) is 13.8. The molecule has 0 aliphatic heterocycles. The molecule has 0 heterocycles. The number of methoxy groups -OCH3 is 2. The van der Waals surface area contributed by atoms with Crippen LogP contribution in [0.3, 0.4) is 0 Å². The second-order valence-electron chi connectivity index (χ2n) is 3.17. The van der Waals surface area contributed by atoms with Crippen LogP contribution in [-0.4, -0.2) is 20.2 Å². The molecule has 1 rings (SSSR count). The van der Waals surface area contributed by atoms with Gasteiger partial charge < -0.3 is 9.47 Å². The van der Waals surface area contributed by atoms with Gasteiger partial charge in [-0.2, -0.15) is 18.4 Å². The molecule has 18 heavy (non-hydrogen) atoms. The van der Waals surface area contributed by atoms with Crippen LogP contribution in [0.25, 0.3) is 0 Å². The molecule has 0 spiro atoms. The number of nitrogens with zero attached hydrogens (tertiary/aromatic N) is 1. The SMILES string of the molecule is COC(=O)c1ccc(C#N)c(OC)c1C(F)(F)F. The number of esters is 1. The summed E-state index contributed by atoms with van der Waals surface area (Å²) in [7, 11) is 1.96. The minimum absolute atomic E-state index is 0.308. The lowest BCUT2D eigenvalue weighted by atomic mass is 10.0. The molecule has 4 nitrogen and oxygen atoms in total. The van der Waals surface area contributed by atoms with E-state index < -0.39 is 29.0 Å². The summed E-state index contributed by atoms with van der Waals surface area (Å²) in [6.07, 6.45) is -4.83. The van der Waals surface area contributed by atoms with E-state index in [1.807, 2.05) is 0 Å². The van der Waals surface area contributed by atoms with E-state index in [1.54, 1.807) is 6.07 Å². The van der Waals surface area contributed by atoms with Crippen LogP contribution in [-0.2, 0) is 10.9 Å². The van der Waals surface area contributed by atoms with Crippen molar-refractivity contribution in [3.63, 3.8) is 0 Å². The third-order valence-electron chi connectivity index (χ3n) is 2.17. The highest BCUT2D eigenvalue weighted by molar-refractivity contribution is 5.92. The molecule has 0 bridgehead atoms. The maximum atomic E-state index is 12.9. The van der Waals surface area contributed by atoms with E-state index in [9.17, 15) is 18.0 Å². The maximum Gasteiger partial charge on any atom is 0.420 e. The number of ether oxygens (including phenoxy) is 2. The van der Waals surface area contributed by atoms with Gasteiger partial charge in [0, 0.05) is 0 Å². The zero-order valence-electron chi connectivity index (χ0n) is 9.46. The van der Waals surface area contributed by atoms with Crippen LogP contribution in [0.1, 0.15) is 21.5 Å². The van der Waals surface area contributed by atoms with Gasteiger partial charge in [0.1, 0.15) is 17.4 Å². The molecule has 0 unspecified atom stereocenters. The predicted octanol–water partition coefficient (Wildman–Crippen LogP) is 2.37. The van der Waals surface area contributed by atoms with Gasteiger partial charge in [0.15, 0.2) is 0 Å². The molecule has 0 fully saturated rings. The van der Waals surface area contributed by atoms with Crippen molar-refractivity contribution in [3.8, 4) is 11.8 Å². The first-order chi connectivity index (χ1) is 8.36. The van der Waals surface area contributed by atoms with Gasteiger partial charge in [-0.1, -0.05) is 0 Å². The molecule has 0 atom stereocenters. The van der Waals surface area contributed by atoms with Gasteiger partial charge in [0.05, 0.1) is 25.3 Å². The summed E-state index contributed by atoms with van der Waals surface area (Å²) in [6, 6.07) is 3.52. The zero-order valence-corrected chi connectivity index (χ0v) is 9.46. The second-order valence-corrected chi connectivity index (χ2v) is 3.17. The predicted molar refractivity (Wildman–Crippen MR) is 54.1 cm³/mol. The lowest BCUT2D eigenvalue weighted by Gasteiger charge is -2.16. The number of carbonyl (C=O) groups excluding carboxylic acids is 1. The molecule has 0 aliphatic rings. The fourth-order valence-electron chi connectivity index (χ4n) is 1.44. The van der Waals surface area contributed by atoms with Gasteiger partial charge in [-0.05, 0) is 12.1 Å². The summed E-state index contributed by atoms with van der Waals surface area (Å²) in [5.74, 6) is -1.84. The van der Waals surface area contributed by atoms with Crippen molar-refractivity contribution in [2.45, 2.75) is 6.18 Å². The number of hydrogen-bond donors (Lipinski definition) is 0. The van der Waals surface area contributed by atoms with Crippen molar-refractivity contribution in [1.29, 1.82) is 5.26 Å². The highest BCUT2D eigenvalue weighted by atomic mass is 19.4. The van der Waals surface area contributed by atoms with Crippen LogP contribution in [0, 0.1) is 11.3 Å². The Bertz CT molecular complexity index is 517. The molecule has 1 aromatic rings. The summed E-state index contributed by atoms with van der Waals surface area (Å²) in [5.41, 5.74) is -2.31. The maximum absolute atomic E-state index is 12.9. The van der Waals surface area contributed by atoms with E-state index >= 15 is 0 Å². The minimum atomic E-state index is -4.83. The molecule has 0 aromatic heterocycles. The van der Waals surface area contributed by atoms with Gasteiger partial charge in [-0.3, -0.25) is 0 Å². The van der Waals surface area contributed by atoms with E-state index in [2.05, 4.69) is 9.47 Å². The standard InChI is InChI=1S/C11H8F3NO3/c1-17-9-6(5-15)3-4-7(10(16)18-2)8(9)11(12,13)14/h3-4H,1-2H3. The third kappa shape index (κ3) is 2.37. The Morgan fingerprint density at radius 2 is 1.94 bits per heavy atom. The Balaban J connectivity index is 3.67. The molecular weight excluding hydrogens is 251 g/mol. The van der Waals surface area contributed by atoms with Gasteiger partial charge in [0.25, 0.3) is 0 Å². The van der Waals surface area contributed by atoms with Crippen LogP contribution in [0.2, 0.25) is 0 Å². The molecule has 7 heteroatoms. The first-order valence-electron chi connectivity index (χ1n) is 4.63. The van der Waals surface area contributed by atoms with Crippen molar-refractivity contribution >= 4 is 5.97 Å². The van der Waals surface area contributed by atoms with Gasteiger partial charge in [0.2, 0.25) is 0 Å². The van der Waals surface area contributed by atoms with Crippen LogP contribution in [0.4, 0.5) is 13.2 Å². The van der Waals surface area contributed by atoms with Crippen LogP contribution in [0.15, 0.2) is 12.1 Å². The van der Waals surface area contributed by atoms with Crippen LogP contribution < -0.4 is 4.74 Å². The Morgan fingerprint density at radius 1 is 1.33 bits per heavy atom. The minimum Gasteiger partial charge on any atom is -0.495 e. The summed E-state index contributed by atoms with van der Waals surface area (Å²) in [4.78, 5) is 11.3. The zero-order chi connectivity index (χ0) is 13.9. The molecule has 0 saturated heterocycles. The van der Waals surface area contributed by atoms with E-state index in [4.69, 9.17) is 5.26 Å². The summed E-state index contributed by atoms with van der Waals surface area (Å²) in [5, 5.41) is 8.71. The number of halogens is 3. The molecule has 96 valence electrons. The Labute approximate surface area is 101 Å². The van der Waals surface area contributed by atoms with E-state index in [1.165, 1.54) is 0 Å². The highest BCUT2D eigenvalue weighted by Gasteiger charge is 2.40. The Hall–Kier alpha value is -2.23. The molecular formula is C11H8F3NO3. The Morgan fingerprint density at radius 3 is 2.33 bits per heavy atom. The average Bonchev–Trinajstić information content (AvgIpc) is 2.34. The normalized spacial score (nSPS) is 10.7. The quantitative estimate of drug-likeness (QED) is 0.765. The lowest BCUT2D eigenvalue weighted by Crippen LogP contribution is -2.16. The number of rotatable bonds is 2. The summed E-state index contributed by atoms with van der Waals surface area (Å²) >= 11 is 0. The van der Waals surface area contributed by atoms with E-state index in [-0.39, 0.29) is 5.56 Å². The highest BCUT2D eigenvalue weighted by Crippen LogP contribution is 2.40. The van der Waals surface area contributed by atoms with Gasteiger partial charge >= 0.3 is 12.1 Å². The molecule has 0 aliphatic carbocycles. The number of alkyl halides is 3. The van der Waals surface area contributed by atoms with E-state index in [0.717, 1.165) is 26.4 Å². The number of carbonyl (C=O) groups is 1. The van der Waals surface area contributed by atoms with Crippen molar-refractivity contribution in [3.05, 3.63) is 28.8 Å². The van der Waals surface area contributed by atoms with Crippen molar-refractivity contribution in [2.24, 2.45) is 0 Å². The molecule has 0 N–H and O–H groups in total. The number of benzene rings is 1. The monoisotopic (exact) mass is 259 g/mol. The van der Waals surface area contributed by atoms with E-state index in [0.29, 0.717) is 0 Å². The second kappa shape index (κ2) is 4.96. The molecule has 0 radical (unpaired) electrons. The topological polar surface area (TPSA) is 59.3 Å². The average molecular weight is 259 g/mol. The van der Waals surface area contributed by atoms with Gasteiger partial charge in [-0.15, -0.1) is 0 Å². The van der Waals surface area contributed by atoms with Crippen molar-refractivity contribution < 1.29 is 27.4 Å². The van der Waals surface area contributed by atoms with Crippen LogP contribution >= 0.6 is 0 Å². The first-order valence-corrected chi connectivity index (χ1v) is 4.63. The summed E-state index contributed by atoms with van der Waals surface area (Å²) in [6.45, 7) is 0.